The molecule has 0 saturated carbocycles. The SMILES string of the molecule is CC(C)(C)OC(=O)c1ccc(CNc2cc(Cl)cc(Cl)c2O)cc1O. The number of halogens is 2. The molecule has 3 N–H and O–H groups in total. The normalized spacial score (nSPS) is 11.2. The van der Waals surface area contributed by atoms with Crippen molar-refractivity contribution in [3.05, 3.63) is 51.5 Å². The average molecular weight is 384 g/mol. The fourth-order valence-electron chi connectivity index (χ4n) is 2.09. The van der Waals surface area contributed by atoms with Crippen molar-refractivity contribution in [2.45, 2.75) is 32.9 Å². The van der Waals surface area contributed by atoms with Crippen LogP contribution in [0.4, 0.5) is 5.69 Å². The van der Waals surface area contributed by atoms with E-state index in [1.165, 1.54) is 24.3 Å². The molecule has 0 amide bonds. The summed E-state index contributed by atoms with van der Waals surface area (Å²) >= 11 is 11.8. The lowest BCUT2D eigenvalue weighted by Gasteiger charge is -2.20. The minimum absolute atomic E-state index is 0.0901. The molecular formula is C18H19Cl2NO4. The average Bonchev–Trinajstić information content (AvgIpc) is 2.47. The molecule has 0 spiro atoms. The number of esters is 1. The predicted molar refractivity (Wildman–Crippen MR) is 98.7 cm³/mol. The maximum Gasteiger partial charge on any atom is 0.342 e. The molecule has 2 aromatic carbocycles. The molecule has 0 radical (unpaired) electrons. The van der Waals surface area contributed by atoms with E-state index in [9.17, 15) is 15.0 Å². The summed E-state index contributed by atoms with van der Waals surface area (Å²) in [4.78, 5) is 12.0. The zero-order chi connectivity index (χ0) is 18.8. The quantitative estimate of drug-likeness (QED) is 0.512. The highest BCUT2D eigenvalue weighted by atomic mass is 35.5. The van der Waals surface area contributed by atoms with Crippen molar-refractivity contribution in [2.24, 2.45) is 0 Å². The molecule has 7 heteroatoms. The molecule has 2 aromatic rings. The molecule has 0 aliphatic rings. The highest BCUT2D eigenvalue weighted by molar-refractivity contribution is 6.36. The van der Waals surface area contributed by atoms with Crippen LogP contribution in [0.1, 0.15) is 36.7 Å². The van der Waals surface area contributed by atoms with Gasteiger partial charge in [0.05, 0.1) is 10.7 Å². The molecule has 0 atom stereocenters. The standard InChI is InChI=1S/C18H19Cl2NO4/c1-18(2,3)25-17(24)12-5-4-10(6-15(12)22)9-21-14-8-11(19)7-13(20)16(14)23/h4-8,21-23H,9H2,1-3H3. The van der Waals surface area contributed by atoms with Crippen molar-refractivity contribution in [1.82, 2.24) is 0 Å². The molecule has 0 bridgehead atoms. The highest BCUT2D eigenvalue weighted by Crippen LogP contribution is 2.35. The smallest absolute Gasteiger partial charge is 0.342 e. The fourth-order valence-corrected chi connectivity index (χ4v) is 2.58. The van der Waals surface area contributed by atoms with Gasteiger partial charge in [-0.3, -0.25) is 0 Å². The second kappa shape index (κ2) is 7.42. The molecule has 2 rings (SSSR count). The van der Waals surface area contributed by atoms with Gasteiger partial charge < -0.3 is 20.3 Å². The van der Waals surface area contributed by atoms with Gasteiger partial charge in [-0.2, -0.15) is 0 Å². The topological polar surface area (TPSA) is 78.8 Å². The number of rotatable bonds is 4. The first-order chi connectivity index (χ1) is 11.6. The first-order valence-electron chi connectivity index (χ1n) is 7.54. The van der Waals surface area contributed by atoms with Crippen LogP contribution < -0.4 is 5.32 Å². The third-order valence-corrected chi connectivity index (χ3v) is 3.70. The van der Waals surface area contributed by atoms with Crippen molar-refractivity contribution in [3.63, 3.8) is 0 Å². The summed E-state index contributed by atoms with van der Waals surface area (Å²) in [7, 11) is 0. The molecule has 0 aliphatic carbocycles. The van der Waals surface area contributed by atoms with Crippen LogP contribution in [0.15, 0.2) is 30.3 Å². The molecule has 0 fully saturated rings. The number of ether oxygens (including phenoxy) is 1. The largest absolute Gasteiger partial charge is 0.507 e. The fraction of sp³-hybridized carbons (Fsp3) is 0.278. The van der Waals surface area contributed by atoms with Crippen LogP contribution in [-0.2, 0) is 11.3 Å². The van der Waals surface area contributed by atoms with E-state index in [4.69, 9.17) is 27.9 Å². The minimum atomic E-state index is -0.646. The Morgan fingerprint density at radius 2 is 1.84 bits per heavy atom. The van der Waals surface area contributed by atoms with Gasteiger partial charge in [-0.25, -0.2) is 4.79 Å². The van der Waals surface area contributed by atoms with Crippen molar-refractivity contribution in [1.29, 1.82) is 0 Å². The first kappa shape index (κ1) is 19.2. The number of phenolic OH excluding ortho intramolecular Hbond substituents is 2. The Morgan fingerprint density at radius 3 is 2.44 bits per heavy atom. The highest BCUT2D eigenvalue weighted by Gasteiger charge is 2.20. The summed E-state index contributed by atoms with van der Waals surface area (Å²) in [5.41, 5.74) is 0.508. The van der Waals surface area contributed by atoms with Crippen molar-refractivity contribution in [2.75, 3.05) is 5.32 Å². The maximum atomic E-state index is 12.0. The van der Waals surface area contributed by atoms with E-state index < -0.39 is 11.6 Å². The van der Waals surface area contributed by atoms with E-state index in [2.05, 4.69) is 5.32 Å². The van der Waals surface area contributed by atoms with E-state index in [0.717, 1.165) is 0 Å². The predicted octanol–water partition coefficient (Wildman–Crippen LogP) is 4.97. The number of hydrogen-bond acceptors (Lipinski definition) is 5. The lowest BCUT2D eigenvalue weighted by atomic mass is 10.1. The molecule has 0 aliphatic heterocycles. The summed E-state index contributed by atoms with van der Waals surface area (Å²) < 4.78 is 5.24. The molecule has 0 heterocycles. The van der Waals surface area contributed by atoms with Crippen LogP contribution in [-0.4, -0.2) is 21.8 Å². The molecule has 25 heavy (non-hydrogen) atoms. The minimum Gasteiger partial charge on any atom is -0.507 e. The van der Waals surface area contributed by atoms with Crippen molar-refractivity contribution >= 4 is 34.9 Å². The third-order valence-electron chi connectivity index (χ3n) is 3.19. The molecule has 134 valence electrons. The summed E-state index contributed by atoms with van der Waals surface area (Å²) in [6.07, 6.45) is 0. The molecule has 5 nitrogen and oxygen atoms in total. The van der Waals surface area contributed by atoms with E-state index in [-0.39, 0.29) is 28.6 Å². The zero-order valence-electron chi connectivity index (χ0n) is 14.1. The van der Waals surface area contributed by atoms with Gasteiger partial charge in [-0.05, 0) is 50.6 Å². The van der Waals surface area contributed by atoms with Gasteiger partial charge in [0.2, 0.25) is 0 Å². The van der Waals surface area contributed by atoms with Crippen molar-refractivity contribution in [3.8, 4) is 11.5 Å². The number of nitrogens with one attached hydrogen (secondary N) is 1. The van der Waals surface area contributed by atoms with Gasteiger partial charge in [0.25, 0.3) is 0 Å². The van der Waals surface area contributed by atoms with Crippen molar-refractivity contribution < 1.29 is 19.7 Å². The number of benzene rings is 2. The number of phenols is 2. The third kappa shape index (κ3) is 5.18. The molecule has 0 saturated heterocycles. The van der Waals surface area contributed by atoms with Gasteiger partial charge in [0.1, 0.15) is 16.9 Å². The van der Waals surface area contributed by atoms with Gasteiger partial charge in [0, 0.05) is 11.6 Å². The number of aromatic hydroxyl groups is 2. The molecular weight excluding hydrogens is 365 g/mol. The van der Waals surface area contributed by atoms with Crippen LogP contribution in [0.5, 0.6) is 11.5 Å². The van der Waals surface area contributed by atoms with Crippen LogP contribution in [0.3, 0.4) is 0 Å². The van der Waals surface area contributed by atoms with E-state index in [1.807, 2.05) is 0 Å². The first-order valence-corrected chi connectivity index (χ1v) is 8.29. The number of carbonyl (C=O) groups is 1. The van der Waals surface area contributed by atoms with Crippen LogP contribution >= 0.6 is 23.2 Å². The van der Waals surface area contributed by atoms with Gasteiger partial charge >= 0.3 is 5.97 Å². The summed E-state index contributed by atoms with van der Waals surface area (Å²) in [6, 6.07) is 7.60. The number of hydrogen-bond donors (Lipinski definition) is 3. The molecule has 0 aromatic heterocycles. The Kier molecular flexibility index (Phi) is 5.70. The zero-order valence-corrected chi connectivity index (χ0v) is 15.6. The monoisotopic (exact) mass is 383 g/mol. The maximum absolute atomic E-state index is 12.0. The number of carbonyl (C=O) groups excluding carboxylic acids is 1. The molecule has 0 unspecified atom stereocenters. The Bertz CT molecular complexity index is 800. The van der Waals surface area contributed by atoms with Gasteiger partial charge in [-0.15, -0.1) is 0 Å². The van der Waals surface area contributed by atoms with E-state index in [0.29, 0.717) is 16.3 Å². The van der Waals surface area contributed by atoms with Crippen LogP contribution in [0.25, 0.3) is 0 Å². The Morgan fingerprint density at radius 1 is 1.16 bits per heavy atom. The number of anilines is 1. The van der Waals surface area contributed by atoms with Gasteiger partial charge in [0.15, 0.2) is 5.75 Å². The second-order valence-electron chi connectivity index (χ2n) is 6.49. The second-order valence-corrected chi connectivity index (χ2v) is 7.33. The summed E-state index contributed by atoms with van der Waals surface area (Å²) in [5.74, 6) is -0.883. The lowest BCUT2D eigenvalue weighted by Crippen LogP contribution is -2.24. The Balaban J connectivity index is 2.13. The Labute approximate surface area is 156 Å². The summed E-state index contributed by atoms with van der Waals surface area (Å²) in [6.45, 7) is 5.54. The van der Waals surface area contributed by atoms with E-state index in [1.54, 1.807) is 26.8 Å². The van der Waals surface area contributed by atoms with Gasteiger partial charge in [-0.1, -0.05) is 29.3 Å². The summed E-state index contributed by atoms with van der Waals surface area (Å²) in [5, 5.41) is 23.5. The van der Waals surface area contributed by atoms with Crippen LogP contribution in [0.2, 0.25) is 10.0 Å². The Hall–Kier alpha value is -2.11. The lowest BCUT2D eigenvalue weighted by molar-refractivity contribution is 0.00668. The van der Waals surface area contributed by atoms with Crippen LogP contribution in [0, 0.1) is 0 Å². The van der Waals surface area contributed by atoms with E-state index >= 15 is 0 Å².